The van der Waals surface area contributed by atoms with Gasteiger partial charge in [0.25, 0.3) is 0 Å². The summed E-state index contributed by atoms with van der Waals surface area (Å²) in [6.07, 6.45) is 8.32. The highest BCUT2D eigenvalue weighted by Crippen LogP contribution is 2.30. The van der Waals surface area contributed by atoms with E-state index in [1.807, 2.05) is 7.05 Å². The first-order chi connectivity index (χ1) is 6.42. The molecule has 0 aromatic rings. The van der Waals surface area contributed by atoms with E-state index in [4.69, 9.17) is 0 Å². The van der Waals surface area contributed by atoms with Crippen LogP contribution in [0.4, 0.5) is 0 Å². The minimum atomic E-state index is 0.745. The number of allylic oxidation sites excluding steroid dienone is 3. The summed E-state index contributed by atoms with van der Waals surface area (Å²) in [6, 6.07) is 0. The van der Waals surface area contributed by atoms with Crippen LogP contribution in [-0.4, -0.2) is 20.1 Å². The third-order valence-corrected chi connectivity index (χ3v) is 2.95. The minimum Gasteiger partial charge on any atom is -0.388 e. The molecular weight excluding hydrogens is 160 g/mol. The van der Waals surface area contributed by atoms with Gasteiger partial charge in [0.1, 0.15) is 0 Å². The fourth-order valence-corrected chi connectivity index (χ4v) is 2.23. The summed E-state index contributed by atoms with van der Waals surface area (Å²) >= 11 is 0. The first-order valence-electron chi connectivity index (χ1n) is 5.20. The zero-order chi connectivity index (χ0) is 9.10. The molecule has 2 rings (SSSR count). The van der Waals surface area contributed by atoms with Crippen LogP contribution >= 0.6 is 0 Å². The number of hydrogen-bond donors (Lipinski definition) is 2. The van der Waals surface area contributed by atoms with Crippen molar-refractivity contribution < 1.29 is 0 Å². The lowest BCUT2D eigenvalue weighted by atomic mass is 9.90. The van der Waals surface area contributed by atoms with Crippen molar-refractivity contribution in [1.82, 2.24) is 10.6 Å². The molecule has 0 saturated heterocycles. The molecule has 2 aliphatic rings. The SMILES string of the molecule is CNCCC1CC=CC2=C1NCC2. The smallest absolute Gasteiger partial charge is 0.0185 e. The van der Waals surface area contributed by atoms with Gasteiger partial charge in [0, 0.05) is 18.2 Å². The molecule has 13 heavy (non-hydrogen) atoms. The van der Waals surface area contributed by atoms with Gasteiger partial charge in [-0.05, 0) is 38.4 Å². The van der Waals surface area contributed by atoms with Crippen molar-refractivity contribution in [2.45, 2.75) is 19.3 Å². The summed E-state index contributed by atoms with van der Waals surface area (Å²) in [5.74, 6) is 0.745. The van der Waals surface area contributed by atoms with E-state index in [2.05, 4.69) is 22.8 Å². The molecule has 0 fully saturated rings. The molecule has 2 N–H and O–H groups in total. The van der Waals surface area contributed by atoms with Crippen LogP contribution in [0.25, 0.3) is 0 Å². The highest BCUT2D eigenvalue weighted by atomic mass is 14.9. The van der Waals surface area contributed by atoms with Gasteiger partial charge in [-0.2, -0.15) is 0 Å². The lowest BCUT2D eigenvalue weighted by Crippen LogP contribution is -2.21. The molecule has 1 unspecified atom stereocenters. The van der Waals surface area contributed by atoms with Crippen LogP contribution in [0.3, 0.4) is 0 Å². The van der Waals surface area contributed by atoms with Crippen LogP contribution in [0.1, 0.15) is 19.3 Å². The average molecular weight is 178 g/mol. The molecule has 1 heterocycles. The topological polar surface area (TPSA) is 24.1 Å². The van der Waals surface area contributed by atoms with Crippen molar-refractivity contribution in [2.24, 2.45) is 5.92 Å². The lowest BCUT2D eigenvalue weighted by molar-refractivity contribution is 0.518. The molecule has 1 aliphatic carbocycles. The maximum absolute atomic E-state index is 3.52. The Morgan fingerprint density at radius 3 is 3.38 bits per heavy atom. The maximum Gasteiger partial charge on any atom is 0.0185 e. The summed E-state index contributed by atoms with van der Waals surface area (Å²) in [5.41, 5.74) is 3.07. The third-order valence-electron chi connectivity index (χ3n) is 2.95. The summed E-state index contributed by atoms with van der Waals surface area (Å²) in [7, 11) is 2.02. The van der Waals surface area contributed by atoms with Crippen molar-refractivity contribution in [2.75, 3.05) is 20.1 Å². The first-order valence-corrected chi connectivity index (χ1v) is 5.20. The second-order valence-electron chi connectivity index (χ2n) is 3.84. The Hall–Kier alpha value is -0.760. The number of hydrogen-bond acceptors (Lipinski definition) is 2. The molecule has 1 aliphatic heterocycles. The van der Waals surface area contributed by atoms with Crippen LogP contribution in [0, 0.1) is 5.92 Å². The first kappa shape index (κ1) is 8.82. The zero-order valence-corrected chi connectivity index (χ0v) is 8.27. The normalized spacial score (nSPS) is 26.1. The molecule has 0 bridgehead atoms. The van der Waals surface area contributed by atoms with E-state index in [0.29, 0.717) is 0 Å². The summed E-state index contributed by atoms with van der Waals surface area (Å²) < 4.78 is 0. The van der Waals surface area contributed by atoms with E-state index >= 15 is 0 Å². The molecule has 0 saturated carbocycles. The quantitative estimate of drug-likeness (QED) is 0.683. The van der Waals surface area contributed by atoms with Gasteiger partial charge in [-0.3, -0.25) is 0 Å². The molecule has 0 aromatic carbocycles. The predicted molar refractivity (Wildman–Crippen MR) is 55.4 cm³/mol. The molecule has 1 atom stereocenters. The highest BCUT2D eigenvalue weighted by molar-refractivity contribution is 5.34. The van der Waals surface area contributed by atoms with E-state index in [0.717, 1.165) is 19.0 Å². The average Bonchev–Trinajstić information content (AvgIpc) is 2.62. The van der Waals surface area contributed by atoms with E-state index in [1.165, 1.54) is 25.0 Å². The Kier molecular flexibility index (Phi) is 2.69. The van der Waals surface area contributed by atoms with Gasteiger partial charge in [0.15, 0.2) is 0 Å². The molecule has 0 radical (unpaired) electrons. The summed E-state index contributed by atoms with van der Waals surface area (Å²) in [4.78, 5) is 0. The van der Waals surface area contributed by atoms with Gasteiger partial charge in [-0.1, -0.05) is 12.2 Å². The van der Waals surface area contributed by atoms with Gasteiger partial charge in [-0.25, -0.2) is 0 Å². The van der Waals surface area contributed by atoms with E-state index in [9.17, 15) is 0 Å². The van der Waals surface area contributed by atoms with Crippen LogP contribution in [0.5, 0.6) is 0 Å². The lowest BCUT2D eigenvalue weighted by Gasteiger charge is -2.21. The van der Waals surface area contributed by atoms with Crippen LogP contribution in [-0.2, 0) is 0 Å². The van der Waals surface area contributed by atoms with Gasteiger partial charge >= 0.3 is 0 Å². The van der Waals surface area contributed by atoms with Gasteiger partial charge in [0.05, 0.1) is 0 Å². The predicted octanol–water partition coefficient (Wildman–Crippen LogP) is 1.42. The molecular formula is C11H18N2. The van der Waals surface area contributed by atoms with Gasteiger partial charge in [-0.15, -0.1) is 0 Å². The van der Waals surface area contributed by atoms with Crippen molar-refractivity contribution in [1.29, 1.82) is 0 Å². The van der Waals surface area contributed by atoms with E-state index < -0.39 is 0 Å². The van der Waals surface area contributed by atoms with E-state index in [-0.39, 0.29) is 0 Å². The Bertz CT molecular complexity index is 240. The monoisotopic (exact) mass is 178 g/mol. The Morgan fingerprint density at radius 2 is 2.54 bits per heavy atom. The molecule has 0 spiro atoms. The summed E-state index contributed by atoms with van der Waals surface area (Å²) in [6.45, 7) is 2.27. The largest absolute Gasteiger partial charge is 0.388 e. The third kappa shape index (κ3) is 1.78. The van der Waals surface area contributed by atoms with Crippen molar-refractivity contribution in [3.8, 4) is 0 Å². The maximum atomic E-state index is 3.52. The zero-order valence-electron chi connectivity index (χ0n) is 8.27. The van der Waals surface area contributed by atoms with Crippen molar-refractivity contribution in [3.05, 3.63) is 23.4 Å². The fraction of sp³-hybridized carbons (Fsp3) is 0.636. The second kappa shape index (κ2) is 3.97. The standard InChI is InChI=1S/C11H18N2/c1-12-7-5-9-3-2-4-10-6-8-13-11(9)10/h2,4,9,12-13H,3,5-8H2,1H3. The Labute approximate surface area is 80.1 Å². The van der Waals surface area contributed by atoms with Gasteiger partial charge < -0.3 is 10.6 Å². The molecule has 2 heteroatoms. The molecule has 2 nitrogen and oxygen atoms in total. The Balaban J connectivity index is 2.01. The summed E-state index contributed by atoms with van der Waals surface area (Å²) in [5, 5.41) is 6.74. The molecule has 72 valence electrons. The number of rotatable bonds is 3. The Morgan fingerprint density at radius 1 is 1.62 bits per heavy atom. The van der Waals surface area contributed by atoms with Crippen molar-refractivity contribution in [3.63, 3.8) is 0 Å². The van der Waals surface area contributed by atoms with Crippen LogP contribution in [0.15, 0.2) is 23.4 Å². The highest BCUT2D eigenvalue weighted by Gasteiger charge is 2.22. The van der Waals surface area contributed by atoms with Crippen molar-refractivity contribution >= 4 is 0 Å². The molecule has 0 amide bonds. The minimum absolute atomic E-state index is 0.745. The van der Waals surface area contributed by atoms with Gasteiger partial charge in [0.2, 0.25) is 0 Å². The molecule has 0 aromatic heterocycles. The van der Waals surface area contributed by atoms with E-state index in [1.54, 1.807) is 5.57 Å². The van der Waals surface area contributed by atoms with Crippen LogP contribution < -0.4 is 10.6 Å². The second-order valence-corrected chi connectivity index (χ2v) is 3.84. The fourth-order valence-electron chi connectivity index (χ4n) is 2.23. The number of nitrogens with one attached hydrogen (secondary N) is 2. The van der Waals surface area contributed by atoms with Crippen LogP contribution in [0.2, 0.25) is 0 Å².